The van der Waals surface area contributed by atoms with E-state index in [1.807, 2.05) is 25.1 Å². The molecule has 0 atom stereocenters. The van der Waals surface area contributed by atoms with Crippen LogP contribution in [-0.4, -0.2) is 38.6 Å². The van der Waals surface area contributed by atoms with Gasteiger partial charge >= 0.3 is 0 Å². The maximum Gasteiger partial charge on any atom is 0.145 e. The number of hydrogen-bond donors (Lipinski definition) is 0. The number of benzene rings is 1. The quantitative estimate of drug-likeness (QED) is 0.841. The fraction of sp³-hybridized carbons (Fsp3) is 0.400. The van der Waals surface area contributed by atoms with Gasteiger partial charge in [0.15, 0.2) is 0 Å². The molecule has 0 N–H and O–H groups in total. The first-order valence-electron chi connectivity index (χ1n) is 7.07. The van der Waals surface area contributed by atoms with E-state index in [4.69, 9.17) is 4.99 Å². The van der Waals surface area contributed by atoms with Crippen LogP contribution in [0.4, 0.5) is 5.69 Å². The van der Waals surface area contributed by atoms with Crippen molar-refractivity contribution in [2.75, 3.05) is 13.1 Å². The molecule has 0 saturated carbocycles. The average molecular weight is 269 g/mol. The van der Waals surface area contributed by atoms with Crippen LogP contribution in [0, 0.1) is 6.92 Å². The SMILES string of the molecule is CCN(CC)C1=Nc2ccccc2-n2c(C)nnc2C1. The Bertz CT molecular complexity index is 652. The fourth-order valence-electron chi connectivity index (χ4n) is 2.67. The largest absolute Gasteiger partial charge is 0.360 e. The molecule has 104 valence electrons. The summed E-state index contributed by atoms with van der Waals surface area (Å²) in [7, 11) is 0. The van der Waals surface area contributed by atoms with Crippen LogP contribution in [-0.2, 0) is 6.42 Å². The van der Waals surface area contributed by atoms with Gasteiger partial charge in [-0.3, -0.25) is 4.57 Å². The lowest BCUT2D eigenvalue weighted by Crippen LogP contribution is -2.32. The fourth-order valence-corrected chi connectivity index (χ4v) is 2.67. The zero-order valence-corrected chi connectivity index (χ0v) is 12.2. The van der Waals surface area contributed by atoms with E-state index >= 15 is 0 Å². The Morgan fingerprint density at radius 3 is 2.65 bits per heavy atom. The molecule has 3 rings (SSSR count). The molecule has 0 aliphatic carbocycles. The van der Waals surface area contributed by atoms with Gasteiger partial charge in [0.1, 0.15) is 17.5 Å². The molecular formula is C15H19N5. The van der Waals surface area contributed by atoms with Crippen molar-refractivity contribution in [1.82, 2.24) is 19.7 Å². The summed E-state index contributed by atoms with van der Waals surface area (Å²) in [5.74, 6) is 2.93. The van der Waals surface area contributed by atoms with Crippen LogP contribution in [0.15, 0.2) is 29.3 Å². The van der Waals surface area contributed by atoms with Crippen LogP contribution < -0.4 is 0 Å². The lowest BCUT2D eigenvalue weighted by molar-refractivity contribution is 0.457. The lowest BCUT2D eigenvalue weighted by atomic mass is 10.2. The minimum Gasteiger partial charge on any atom is -0.360 e. The molecule has 20 heavy (non-hydrogen) atoms. The highest BCUT2D eigenvalue weighted by molar-refractivity contribution is 5.88. The van der Waals surface area contributed by atoms with Crippen LogP contribution in [0.1, 0.15) is 25.5 Å². The number of nitrogens with zero attached hydrogens (tertiary/aromatic N) is 5. The maximum atomic E-state index is 4.86. The first kappa shape index (κ1) is 12.8. The zero-order valence-electron chi connectivity index (χ0n) is 12.2. The van der Waals surface area contributed by atoms with Crippen molar-refractivity contribution in [3.63, 3.8) is 0 Å². The second-order valence-electron chi connectivity index (χ2n) is 4.86. The van der Waals surface area contributed by atoms with Crippen molar-refractivity contribution < 1.29 is 0 Å². The molecule has 1 aliphatic heterocycles. The van der Waals surface area contributed by atoms with Gasteiger partial charge in [-0.15, -0.1) is 10.2 Å². The molecule has 2 heterocycles. The van der Waals surface area contributed by atoms with Crippen molar-refractivity contribution >= 4 is 11.5 Å². The molecule has 1 aliphatic rings. The monoisotopic (exact) mass is 269 g/mol. The van der Waals surface area contributed by atoms with Crippen LogP contribution in [0.3, 0.4) is 0 Å². The summed E-state index contributed by atoms with van der Waals surface area (Å²) >= 11 is 0. The molecule has 2 aromatic rings. The molecule has 0 bridgehead atoms. The Morgan fingerprint density at radius 1 is 1.15 bits per heavy atom. The Kier molecular flexibility index (Phi) is 3.26. The van der Waals surface area contributed by atoms with E-state index in [1.165, 1.54) is 0 Å². The minimum absolute atomic E-state index is 0.719. The number of para-hydroxylation sites is 2. The van der Waals surface area contributed by atoms with Gasteiger partial charge in [-0.2, -0.15) is 0 Å². The molecular weight excluding hydrogens is 250 g/mol. The first-order chi connectivity index (χ1) is 9.74. The third-order valence-electron chi connectivity index (χ3n) is 3.71. The van der Waals surface area contributed by atoms with Gasteiger partial charge in [0, 0.05) is 13.1 Å². The highest BCUT2D eigenvalue weighted by Gasteiger charge is 2.21. The highest BCUT2D eigenvalue weighted by Crippen LogP contribution is 2.28. The third-order valence-corrected chi connectivity index (χ3v) is 3.71. The van der Waals surface area contributed by atoms with Crippen molar-refractivity contribution in [2.24, 2.45) is 4.99 Å². The number of hydrogen-bond acceptors (Lipinski definition) is 4. The normalized spacial score (nSPS) is 13.2. The molecule has 5 nitrogen and oxygen atoms in total. The number of rotatable bonds is 2. The smallest absolute Gasteiger partial charge is 0.145 e. The molecule has 1 aromatic heterocycles. The Hall–Kier alpha value is -2.17. The van der Waals surface area contributed by atoms with Gasteiger partial charge in [-0.1, -0.05) is 12.1 Å². The average Bonchev–Trinajstić information content (AvgIpc) is 2.73. The van der Waals surface area contributed by atoms with E-state index in [9.17, 15) is 0 Å². The highest BCUT2D eigenvalue weighted by atomic mass is 15.3. The second-order valence-corrected chi connectivity index (χ2v) is 4.86. The minimum atomic E-state index is 0.719. The summed E-state index contributed by atoms with van der Waals surface area (Å²) in [5.41, 5.74) is 2.04. The van der Waals surface area contributed by atoms with E-state index in [-0.39, 0.29) is 0 Å². The Balaban J connectivity index is 2.19. The summed E-state index contributed by atoms with van der Waals surface area (Å²) in [6.07, 6.45) is 0.719. The summed E-state index contributed by atoms with van der Waals surface area (Å²) < 4.78 is 2.11. The van der Waals surface area contributed by atoms with Gasteiger partial charge in [-0.25, -0.2) is 4.99 Å². The summed E-state index contributed by atoms with van der Waals surface area (Å²) in [5, 5.41) is 8.55. The van der Waals surface area contributed by atoms with Crippen LogP contribution in [0.25, 0.3) is 5.69 Å². The van der Waals surface area contributed by atoms with Crippen molar-refractivity contribution in [3.05, 3.63) is 35.9 Å². The molecule has 0 spiro atoms. The van der Waals surface area contributed by atoms with E-state index in [1.54, 1.807) is 0 Å². The lowest BCUT2D eigenvalue weighted by Gasteiger charge is -2.21. The molecule has 0 amide bonds. The number of likely N-dealkylation sites (N-methyl/N-ethyl adjacent to an activating group) is 1. The van der Waals surface area contributed by atoms with Crippen molar-refractivity contribution in [2.45, 2.75) is 27.2 Å². The molecule has 0 fully saturated rings. The van der Waals surface area contributed by atoms with Crippen LogP contribution >= 0.6 is 0 Å². The second kappa shape index (κ2) is 5.07. The van der Waals surface area contributed by atoms with Gasteiger partial charge in [-0.05, 0) is 32.9 Å². The molecule has 0 saturated heterocycles. The van der Waals surface area contributed by atoms with Crippen molar-refractivity contribution in [1.29, 1.82) is 0 Å². The standard InChI is InChI=1S/C15H19N5/c1-4-19(5-2)14-10-15-18-17-11(3)20(15)13-9-7-6-8-12(13)16-14/h6-9H,4-5,10H2,1-3H3. The molecule has 5 heteroatoms. The Morgan fingerprint density at radius 2 is 1.90 bits per heavy atom. The number of fused-ring (bicyclic) bond motifs is 3. The van der Waals surface area contributed by atoms with E-state index < -0.39 is 0 Å². The Labute approximate surface area is 119 Å². The molecule has 1 aromatic carbocycles. The number of aromatic nitrogens is 3. The topological polar surface area (TPSA) is 46.3 Å². The van der Waals surface area contributed by atoms with Gasteiger partial charge in [0.05, 0.1) is 17.8 Å². The number of amidine groups is 1. The van der Waals surface area contributed by atoms with Gasteiger partial charge in [0.25, 0.3) is 0 Å². The van der Waals surface area contributed by atoms with E-state index in [0.717, 1.165) is 48.4 Å². The maximum absolute atomic E-state index is 4.86. The molecule has 0 unspecified atom stereocenters. The number of aryl methyl sites for hydroxylation is 1. The van der Waals surface area contributed by atoms with Gasteiger partial charge in [0.2, 0.25) is 0 Å². The van der Waals surface area contributed by atoms with Crippen LogP contribution in [0.5, 0.6) is 0 Å². The van der Waals surface area contributed by atoms with Gasteiger partial charge < -0.3 is 4.90 Å². The summed E-state index contributed by atoms with van der Waals surface area (Å²) in [4.78, 5) is 7.14. The zero-order chi connectivity index (χ0) is 14.1. The van der Waals surface area contributed by atoms with E-state index in [2.05, 4.69) is 39.6 Å². The van der Waals surface area contributed by atoms with Crippen LogP contribution in [0.2, 0.25) is 0 Å². The summed E-state index contributed by atoms with van der Waals surface area (Å²) in [6.45, 7) is 8.18. The molecule has 0 radical (unpaired) electrons. The van der Waals surface area contributed by atoms with Crippen molar-refractivity contribution in [3.8, 4) is 5.69 Å². The third kappa shape index (κ3) is 1.99. The number of aliphatic imine (C=N–C) groups is 1. The predicted octanol–water partition coefficient (Wildman–Crippen LogP) is 2.50. The summed E-state index contributed by atoms with van der Waals surface area (Å²) in [6, 6.07) is 8.17. The van der Waals surface area contributed by atoms with E-state index in [0.29, 0.717) is 0 Å². The first-order valence-corrected chi connectivity index (χ1v) is 7.07. The predicted molar refractivity (Wildman–Crippen MR) is 79.8 cm³/mol.